The van der Waals surface area contributed by atoms with Gasteiger partial charge >= 0.3 is 6.03 Å². The van der Waals surface area contributed by atoms with E-state index in [4.69, 9.17) is 0 Å². The van der Waals surface area contributed by atoms with E-state index in [1.165, 1.54) is 5.56 Å². The van der Waals surface area contributed by atoms with Crippen LogP contribution in [0.3, 0.4) is 0 Å². The Morgan fingerprint density at radius 3 is 2.27 bits per heavy atom. The summed E-state index contributed by atoms with van der Waals surface area (Å²) >= 11 is 0. The van der Waals surface area contributed by atoms with Crippen molar-refractivity contribution in [2.75, 3.05) is 18.4 Å². The maximum Gasteiger partial charge on any atom is 0.321 e. The van der Waals surface area contributed by atoms with E-state index < -0.39 is 0 Å². The van der Waals surface area contributed by atoms with Crippen molar-refractivity contribution < 1.29 is 4.79 Å². The number of carbonyl (C=O) groups is 1. The minimum atomic E-state index is 0.00988. The number of aryl methyl sites for hydroxylation is 2. The minimum absolute atomic E-state index is 0.00988. The zero-order valence-electron chi connectivity index (χ0n) is 14.7. The van der Waals surface area contributed by atoms with Crippen LogP contribution in [0.2, 0.25) is 0 Å². The third-order valence-corrected chi connectivity index (χ3v) is 4.39. The van der Waals surface area contributed by atoms with Crippen LogP contribution in [-0.4, -0.2) is 47.0 Å². The van der Waals surface area contributed by atoms with E-state index in [9.17, 15) is 4.79 Å². The molecule has 1 saturated heterocycles. The summed E-state index contributed by atoms with van der Waals surface area (Å²) in [6, 6.07) is 7.60. The first-order valence-corrected chi connectivity index (χ1v) is 8.20. The molecule has 4 heteroatoms. The van der Waals surface area contributed by atoms with Crippen LogP contribution in [0.15, 0.2) is 18.2 Å². The van der Waals surface area contributed by atoms with Crippen LogP contribution in [0.4, 0.5) is 10.5 Å². The molecule has 122 valence electrons. The molecule has 2 rings (SSSR count). The number of nitrogens with zero attached hydrogens (tertiary/aromatic N) is 2. The fraction of sp³-hybridized carbons (Fsp3) is 0.611. The van der Waals surface area contributed by atoms with Gasteiger partial charge in [0.05, 0.1) is 0 Å². The van der Waals surface area contributed by atoms with Gasteiger partial charge in [0.1, 0.15) is 0 Å². The first-order chi connectivity index (χ1) is 10.3. The van der Waals surface area contributed by atoms with Crippen LogP contribution >= 0.6 is 0 Å². The molecule has 0 spiro atoms. The molecule has 0 aliphatic carbocycles. The SMILES string of the molecule is Cc1ccc(NC(=O)N2CC(N(C(C)C)C(C)C)C2)c(C)c1. The lowest BCUT2D eigenvalue weighted by molar-refractivity contribution is 0.0202. The van der Waals surface area contributed by atoms with E-state index in [0.29, 0.717) is 18.1 Å². The number of nitrogens with one attached hydrogen (secondary N) is 1. The average Bonchev–Trinajstić information content (AvgIpc) is 2.35. The lowest BCUT2D eigenvalue weighted by Gasteiger charge is -2.48. The number of likely N-dealkylation sites (tertiary alicyclic amines) is 1. The topological polar surface area (TPSA) is 35.6 Å². The summed E-state index contributed by atoms with van der Waals surface area (Å²) < 4.78 is 0. The largest absolute Gasteiger partial charge is 0.321 e. The Morgan fingerprint density at radius 2 is 1.77 bits per heavy atom. The van der Waals surface area contributed by atoms with Crippen molar-refractivity contribution in [2.45, 2.75) is 59.7 Å². The maximum absolute atomic E-state index is 12.3. The van der Waals surface area contributed by atoms with Crippen LogP contribution in [0.25, 0.3) is 0 Å². The smallest absolute Gasteiger partial charge is 0.321 e. The lowest BCUT2D eigenvalue weighted by Crippen LogP contribution is -2.64. The predicted octanol–water partition coefficient (Wildman–Crippen LogP) is 3.64. The standard InChI is InChI=1S/C18H29N3O/c1-12(2)21(13(3)4)16-10-20(11-16)18(22)19-17-8-7-14(5)9-15(17)6/h7-9,12-13,16H,10-11H2,1-6H3,(H,19,22). The van der Waals surface area contributed by atoms with Crippen molar-refractivity contribution in [3.8, 4) is 0 Å². The summed E-state index contributed by atoms with van der Waals surface area (Å²) in [5, 5.41) is 3.03. The van der Waals surface area contributed by atoms with Crippen molar-refractivity contribution in [3.05, 3.63) is 29.3 Å². The Balaban J connectivity index is 1.91. The number of hydrogen-bond acceptors (Lipinski definition) is 2. The molecule has 1 aliphatic heterocycles. The van der Waals surface area contributed by atoms with Gasteiger partial charge < -0.3 is 10.2 Å². The van der Waals surface area contributed by atoms with E-state index >= 15 is 0 Å². The maximum atomic E-state index is 12.3. The molecular weight excluding hydrogens is 274 g/mol. The zero-order chi connectivity index (χ0) is 16.4. The Hall–Kier alpha value is -1.55. The van der Waals surface area contributed by atoms with Gasteiger partial charge in [-0.1, -0.05) is 17.7 Å². The van der Waals surface area contributed by atoms with Gasteiger partial charge in [0.25, 0.3) is 0 Å². The monoisotopic (exact) mass is 303 g/mol. The predicted molar refractivity (Wildman–Crippen MR) is 92.4 cm³/mol. The van der Waals surface area contributed by atoms with Crippen LogP contribution in [0, 0.1) is 13.8 Å². The molecule has 0 radical (unpaired) electrons. The van der Waals surface area contributed by atoms with E-state index in [-0.39, 0.29) is 6.03 Å². The van der Waals surface area contributed by atoms with Gasteiger partial charge in [0.15, 0.2) is 0 Å². The molecular formula is C18H29N3O. The molecule has 1 N–H and O–H groups in total. The molecule has 0 unspecified atom stereocenters. The normalized spacial score (nSPS) is 15.6. The Morgan fingerprint density at radius 1 is 1.18 bits per heavy atom. The Kier molecular flexibility index (Phi) is 5.12. The number of urea groups is 1. The number of rotatable bonds is 4. The third-order valence-electron chi connectivity index (χ3n) is 4.39. The summed E-state index contributed by atoms with van der Waals surface area (Å²) in [4.78, 5) is 16.7. The van der Waals surface area contributed by atoms with Gasteiger partial charge in [0, 0.05) is 36.9 Å². The Bertz CT molecular complexity index is 525. The summed E-state index contributed by atoms with van der Waals surface area (Å²) in [5.74, 6) is 0. The van der Waals surface area contributed by atoms with Crippen LogP contribution in [-0.2, 0) is 0 Å². The molecule has 0 bridgehead atoms. The van der Waals surface area contributed by atoms with Crippen LogP contribution < -0.4 is 5.32 Å². The highest BCUT2D eigenvalue weighted by Crippen LogP contribution is 2.22. The molecule has 1 fully saturated rings. The Labute approximate surface area is 134 Å². The molecule has 1 aromatic carbocycles. The van der Waals surface area contributed by atoms with Crippen molar-refractivity contribution in [3.63, 3.8) is 0 Å². The summed E-state index contributed by atoms with van der Waals surface area (Å²) in [5.41, 5.74) is 3.23. The summed E-state index contributed by atoms with van der Waals surface area (Å²) in [6.45, 7) is 14.6. The number of amides is 2. The first-order valence-electron chi connectivity index (χ1n) is 8.20. The second-order valence-corrected chi connectivity index (χ2v) is 6.94. The van der Waals surface area contributed by atoms with Crippen molar-refractivity contribution in [1.82, 2.24) is 9.80 Å². The molecule has 1 aromatic rings. The van der Waals surface area contributed by atoms with E-state index in [1.807, 2.05) is 24.0 Å². The number of anilines is 1. The molecule has 1 heterocycles. The average molecular weight is 303 g/mol. The van der Waals surface area contributed by atoms with E-state index in [0.717, 1.165) is 24.3 Å². The van der Waals surface area contributed by atoms with Crippen molar-refractivity contribution in [1.29, 1.82) is 0 Å². The zero-order valence-corrected chi connectivity index (χ0v) is 14.7. The fourth-order valence-electron chi connectivity index (χ4n) is 3.40. The molecule has 0 atom stereocenters. The van der Waals surface area contributed by atoms with Gasteiger partial charge in [-0.15, -0.1) is 0 Å². The van der Waals surface area contributed by atoms with Gasteiger partial charge in [0.2, 0.25) is 0 Å². The highest BCUT2D eigenvalue weighted by atomic mass is 16.2. The number of hydrogen-bond donors (Lipinski definition) is 1. The van der Waals surface area contributed by atoms with Gasteiger partial charge in [-0.3, -0.25) is 4.90 Å². The quantitative estimate of drug-likeness (QED) is 0.922. The van der Waals surface area contributed by atoms with Gasteiger partial charge in [-0.05, 0) is 53.2 Å². The highest BCUT2D eigenvalue weighted by Gasteiger charge is 2.36. The fourth-order valence-corrected chi connectivity index (χ4v) is 3.40. The second-order valence-electron chi connectivity index (χ2n) is 6.94. The minimum Gasteiger partial charge on any atom is -0.321 e. The summed E-state index contributed by atoms with van der Waals surface area (Å²) in [7, 11) is 0. The molecule has 0 saturated carbocycles. The second kappa shape index (κ2) is 6.69. The highest BCUT2D eigenvalue weighted by molar-refractivity contribution is 5.90. The van der Waals surface area contributed by atoms with E-state index in [2.05, 4.69) is 50.9 Å². The number of carbonyl (C=O) groups excluding carboxylic acids is 1. The molecule has 1 aliphatic rings. The van der Waals surface area contributed by atoms with E-state index in [1.54, 1.807) is 0 Å². The molecule has 2 amide bonds. The molecule has 22 heavy (non-hydrogen) atoms. The third kappa shape index (κ3) is 3.61. The van der Waals surface area contributed by atoms with Crippen LogP contribution in [0.5, 0.6) is 0 Å². The first kappa shape index (κ1) is 16.8. The van der Waals surface area contributed by atoms with Crippen LogP contribution in [0.1, 0.15) is 38.8 Å². The van der Waals surface area contributed by atoms with Gasteiger partial charge in [-0.2, -0.15) is 0 Å². The summed E-state index contributed by atoms with van der Waals surface area (Å²) in [6.07, 6.45) is 0. The molecule has 4 nitrogen and oxygen atoms in total. The number of benzene rings is 1. The van der Waals surface area contributed by atoms with Gasteiger partial charge in [-0.25, -0.2) is 4.79 Å². The molecule has 0 aromatic heterocycles. The van der Waals surface area contributed by atoms with Crippen molar-refractivity contribution in [2.24, 2.45) is 0 Å². The lowest BCUT2D eigenvalue weighted by atomic mass is 10.0. The van der Waals surface area contributed by atoms with Crippen molar-refractivity contribution >= 4 is 11.7 Å².